The summed E-state index contributed by atoms with van der Waals surface area (Å²) in [6.45, 7) is 6.93. The van der Waals surface area contributed by atoms with Crippen LogP contribution in [0.3, 0.4) is 0 Å². The zero-order valence-corrected chi connectivity index (χ0v) is 10.9. The standard InChI is InChI=1S/C12H25N3O2/c1-10(8-15-6-4-3-5-7-15)13-12(17)14-11(2)9-16/h10-11,16H,3-9H2,1-2H3,(H2,13,14,17). The molecule has 1 saturated heterocycles. The fourth-order valence-corrected chi connectivity index (χ4v) is 2.11. The Balaban J connectivity index is 2.18. The molecule has 5 heteroatoms. The molecule has 0 aliphatic carbocycles. The van der Waals surface area contributed by atoms with Crippen molar-refractivity contribution in [1.82, 2.24) is 15.5 Å². The maximum absolute atomic E-state index is 11.5. The fourth-order valence-electron chi connectivity index (χ4n) is 2.11. The van der Waals surface area contributed by atoms with E-state index in [0.717, 1.165) is 19.6 Å². The predicted octanol–water partition coefficient (Wildman–Crippen LogP) is 0.541. The second kappa shape index (κ2) is 7.50. The Morgan fingerprint density at radius 2 is 1.76 bits per heavy atom. The first-order valence-electron chi connectivity index (χ1n) is 6.52. The van der Waals surface area contributed by atoms with Gasteiger partial charge in [0.2, 0.25) is 0 Å². The second-order valence-corrected chi connectivity index (χ2v) is 4.96. The molecule has 2 atom stereocenters. The Morgan fingerprint density at radius 1 is 1.18 bits per heavy atom. The molecule has 3 N–H and O–H groups in total. The van der Waals surface area contributed by atoms with Crippen molar-refractivity contribution in [2.45, 2.75) is 45.2 Å². The van der Waals surface area contributed by atoms with Crippen LogP contribution in [0.15, 0.2) is 0 Å². The van der Waals surface area contributed by atoms with Crippen molar-refractivity contribution in [3.05, 3.63) is 0 Å². The molecular weight excluding hydrogens is 218 g/mol. The third-order valence-corrected chi connectivity index (χ3v) is 3.01. The number of carbonyl (C=O) groups excluding carboxylic acids is 1. The van der Waals surface area contributed by atoms with Gasteiger partial charge in [0.1, 0.15) is 0 Å². The Hall–Kier alpha value is -0.810. The number of hydrogen-bond donors (Lipinski definition) is 3. The number of nitrogens with one attached hydrogen (secondary N) is 2. The third-order valence-electron chi connectivity index (χ3n) is 3.01. The van der Waals surface area contributed by atoms with Crippen LogP contribution in [-0.4, -0.2) is 54.4 Å². The summed E-state index contributed by atoms with van der Waals surface area (Å²) in [5, 5.41) is 14.4. The first kappa shape index (κ1) is 14.3. The number of likely N-dealkylation sites (tertiary alicyclic amines) is 1. The average Bonchev–Trinajstić information content (AvgIpc) is 2.29. The lowest BCUT2D eigenvalue weighted by atomic mass is 10.1. The van der Waals surface area contributed by atoms with Crippen LogP contribution in [0.4, 0.5) is 4.79 Å². The van der Waals surface area contributed by atoms with Gasteiger partial charge in [-0.15, -0.1) is 0 Å². The van der Waals surface area contributed by atoms with Crippen molar-refractivity contribution in [1.29, 1.82) is 0 Å². The predicted molar refractivity (Wildman–Crippen MR) is 68.0 cm³/mol. The molecule has 5 nitrogen and oxygen atoms in total. The maximum Gasteiger partial charge on any atom is 0.315 e. The summed E-state index contributed by atoms with van der Waals surface area (Å²) in [6.07, 6.45) is 3.85. The highest BCUT2D eigenvalue weighted by Gasteiger charge is 2.15. The Morgan fingerprint density at radius 3 is 2.35 bits per heavy atom. The van der Waals surface area contributed by atoms with E-state index in [1.165, 1.54) is 19.3 Å². The summed E-state index contributed by atoms with van der Waals surface area (Å²) in [5.74, 6) is 0. The van der Waals surface area contributed by atoms with Crippen molar-refractivity contribution in [3.8, 4) is 0 Å². The SMILES string of the molecule is CC(CO)NC(=O)NC(C)CN1CCCCC1. The molecule has 0 spiro atoms. The zero-order chi connectivity index (χ0) is 12.7. The number of rotatable bonds is 5. The number of amides is 2. The van der Waals surface area contributed by atoms with E-state index in [2.05, 4.69) is 15.5 Å². The number of carbonyl (C=O) groups is 1. The Kier molecular flexibility index (Phi) is 6.29. The van der Waals surface area contributed by atoms with Crippen molar-refractivity contribution < 1.29 is 9.90 Å². The van der Waals surface area contributed by atoms with Gasteiger partial charge in [-0.1, -0.05) is 6.42 Å². The van der Waals surface area contributed by atoms with Gasteiger partial charge in [0.05, 0.1) is 12.6 Å². The van der Waals surface area contributed by atoms with Crippen LogP contribution in [0.25, 0.3) is 0 Å². The summed E-state index contributed by atoms with van der Waals surface area (Å²) < 4.78 is 0. The van der Waals surface area contributed by atoms with Gasteiger partial charge in [0.25, 0.3) is 0 Å². The number of aliphatic hydroxyl groups excluding tert-OH is 1. The van der Waals surface area contributed by atoms with Gasteiger partial charge in [-0.3, -0.25) is 0 Å². The lowest BCUT2D eigenvalue weighted by molar-refractivity contribution is 0.197. The minimum absolute atomic E-state index is 0.0338. The van der Waals surface area contributed by atoms with Crippen LogP contribution < -0.4 is 10.6 Å². The zero-order valence-electron chi connectivity index (χ0n) is 10.9. The van der Waals surface area contributed by atoms with E-state index >= 15 is 0 Å². The van der Waals surface area contributed by atoms with Crippen molar-refractivity contribution in [2.75, 3.05) is 26.2 Å². The van der Waals surface area contributed by atoms with Crippen LogP contribution >= 0.6 is 0 Å². The van der Waals surface area contributed by atoms with Gasteiger partial charge in [-0.2, -0.15) is 0 Å². The number of aliphatic hydroxyl groups is 1. The molecule has 17 heavy (non-hydrogen) atoms. The topological polar surface area (TPSA) is 64.6 Å². The van der Waals surface area contributed by atoms with E-state index in [1.807, 2.05) is 6.92 Å². The lowest BCUT2D eigenvalue weighted by Gasteiger charge is -2.29. The molecule has 0 aromatic carbocycles. The van der Waals surface area contributed by atoms with Crippen LogP contribution in [0.5, 0.6) is 0 Å². The molecule has 0 bridgehead atoms. The van der Waals surface area contributed by atoms with E-state index in [-0.39, 0.29) is 24.7 Å². The summed E-state index contributed by atoms with van der Waals surface area (Å²) >= 11 is 0. The van der Waals surface area contributed by atoms with Crippen LogP contribution in [0.2, 0.25) is 0 Å². The van der Waals surface area contributed by atoms with E-state index < -0.39 is 0 Å². The van der Waals surface area contributed by atoms with Crippen molar-refractivity contribution in [2.24, 2.45) is 0 Å². The minimum Gasteiger partial charge on any atom is -0.394 e. The van der Waals surface area contributed by atoms with E-state index in [9.17, 15) is 4.79 Å². The number of hydrogen-bond acceptors (Lipinski definition) is 3. The molecule has 0 radical (unpaired) electrons. The molecule has 1 aliphatic heterocycles. The monoisotopic (exact) mass is 243 g/mol. The van der Waals surface area contributed by atoms with Gasteiger partial charge < -0.3 is 20.6 Å². The maximum atomic E-state index is 11.5. The van der Waals surface area contributed by atoms with Gasteiger partial charge in [0, 0.05) is 12.6 Å². The summed E-state index contributed by atoms with van der Waals surface area (Å²) in [4.78, 5) is 13.9. The highest BCUT2D eigenvalue weighted by molar-refractivity contribution is 5.74. The molecule has 0 aromatic rings. The van der Waals surface area contributed by atoms with Gasteiger partial charge in [0.15, 0.2) is 0 Å². The molecule has 2 unspecified atom stereocenters. The first-order chi connectivity index (χ1) is 8.11. The first-order valence-corrected chi connectivity index (χ1v) is 6.52. The average molecular weight is 243 g/mol. The molecule has 0 aromatic heterocycles. The van der Waals surface area contributed by atoms with Crippen molar-refractivity contribution in [3.63, 3.8) is 0 Å². The molecular formula is C12H25N3O2. The van der Waals surface area contributed by atoms with E-state index in [0.29, 0.717) is 0 Å². The molecule has 2 amide bonds. The number of piperidine rings is 1. The number of urea groups is 1. The largest absolute Gasteiger partial charge is 0.394 e. The van der Waals surface area contributed by atoms with Crippen LogP contribution in [-0.2, 0) is 0 Å². The lowest BCUT2D eigenvalue weighted by Crippen LogP contribution is -2.49. The summed E-state index contributed by atoms with van der Waals surface area (Å²) in [7, 11) is 0. The highest BCUT2D eigenvalue weighted by atomic mass is 16.3. The van der Waals surface area contributed by atoms with Gasteiger partial charge >= 0.3 is 6.03 Å². The van der Waals surface area contributed by atoms with Gasteiger partial charge in [-0.25, -0.2) is 4.79 Å². The molecule has 100 valence electrons. The summed E-state index contributed by atoms with van der Waals surface area (Å²) in [6, 6.07) is -0.257. The van der Waals surface area contributed by atoms with Gasteiger partial charge in [-0.05, 0) is 39.8 Å². The normalized spacial score (nSPS) is 20.6. The third kappa shape index (κ3) is 5.89. The summed E-state index contributed by atoms with van der Waals surface area (Å²) in [5.41, 5.74) is 0. The Labute approximate surface area is 104 Å². The van der Waals surface area contributed by atoms with E-state index in [4.69, 9.17) is 5.11 Å². The number of nitrogens with zero attached hydrogens (tertiary/aromatic N) is 1. The molecule has 1 rings (SSSR count). The highest BCUT2D eigenvalue weighted by Crippen LogP contribution is 2.08. The van der Waals surface area contributed by atoms with Crippen LogP contribution in [0.1, 0.15) is 33.1 Å². The molecule has 0 saturated carbocycles. The molecule has 1 fully saturated rings. The fraction of sp³-hybridized carbons (Fsp3) is 0.917. The smallest absolute Gasteiger partial charge is 0.315 e. The quantitative estimate of drug-likeness (QED) is 0.660. The Bertz CT molecular complexity index is 230. The van der Waals surface area contributed by atoms with E-state index in [1.54, 1.807) is 6.92 Å². The molecule has 1 aliphatic rings. The van der Waals surface area contributed by atoms with Crippen LogP contribution in [0, 0.1) is 0 Å². The minimum atomic E-state index is -0.198. The second-order valence-electron chi connectivity index (χ2n) is 4.96. The van der Waals surface area contributed by atoms with Crippen molar-refractivity contribution >= 4 is 6.03 Å². The molecule has 1 heterocycles.